The minimum absolute atomic E-state index is 0.155. The van der Waals surface area contributed by atoms with Gasteiger partial charge in [-0.1, -0.05) is 24.6 Å². The summed E-state index contributed by atoms with van der Waals surface area (Å²) in [6.45, 7) is 5.74. The predicted molar refractivity (Wildman–Crippen MR) is 88.3 cm³/mol. The molecule has 0 amide bonds. The van der Waals surface area contributed by atoms with Crippen molar-refractivity contribution in [3.8, 4) is 0 Å². The normalized spacial score (nSPS) is 19.2. The van der Waals surface area contributed by atoms with Crippen LogP contribution in [0.25, 0.3) is 0 Å². The Hall–Kier alpha value is -1.93. The van der Waals surface area contributed by atoms with Crippen molar-refractivity contribution in [1.82, 2.24) is 19.7 Å². The molecule has 1 aromatic rings. The van der Waals surface area contributed by atoms with Crippen LogP contribution < -0.4 is 0 Å². The predicted octanol–water partition coefficient (Wildman–Crippen LogP) is 2.05. The topological polar surface area (TPSA) is 78.1 Å². The van der Waals surface area contributed by atoms with Gasteiger partial charge in [0.25, 0.3) is 5.96 Å². The molecule has 2 rings (SSSR count). The average molecular weight is 341 g/mol. The lowest BCUT2D eigenvalue weighted by atomic mass is 10.2. The van der Waals surface area contributed by atoms with Crippen molar-refractivity contribution in [2.75, 3.05) is 20.4 Å². The second-order valence-corrected chi connectivity index (χ2v) is 6.08. The maximum absolute atomic E-state index is 11.0. The number of guanidine groups is 1. The quantitative estimate of drug-likeness (QED) is 0.464. The first kappa shape index (κ1) is 17.4. The summed E-state index contributed by atoms with van der Waals surface area (Å²) in [4.78, 5) is 21.0. The van der Waals surface area contributed by atoms with Crippen molar-refractivity contribution in [2.45, 2.75) is 32.9 Å². The largest absolute Gasteiger partial charge is 0.322 e. The number of rotatable bonds is 5. The first-order valence-corrected chi connectivity index (χ1v) is 7.82. The van der Waals surface area contributed by atoms with Crippen molar-refractivity contribution < 1.29 is 5.03 Å². The second kappa shape index (κ2) is 7.56. The number of halogens is 1. The van der Waals surface area contributed by atoms with E-state index in [-0.39, 0.29) is 6.04 Å². The van der Waals surface area contributed by atoms with E-state index < -0.39 is 5.03 Å². The van der Waals surface area contributed by atoms with Crippen molar-refractivity contribution in [3.05, 3.63) is 39.2 Å². The van der Waals surface area contributed by atoms with Gasteiger partial charge in [-0.15, -0.1) is 0 Å². The Labute approximate surface area is 140 Å². The van der Waals surface area contributed by atoms with Crippen LogP contribution in [0.3, 0.4) is 0 Å². The molecule has 0 saturated carbocycles. The van der Waals surface area contributed by atoms with Gasteiger partial charge in [0.2, 0.25) is 0 Å². The number of hydrogen-bond donors (Lipinski definition) is 0. The number of aromatic nitrogens is 1. The van der Waals surface area contributed by atoms with Gasteiger partial charge in [-0.2, -0.15) is 0 Å². The molecule has 126 valence electrons. The van der Waals surface area contributed by atoms with Crippen LogP contribution in [0.4, 0.5) is 0 Å². The maximum Gasteiger partial charge on any atom is 0.276 e. The van der Waals surface area contributed by atoms with Crippen molar-refractivity contribution in [2.24, 2.45) is 5.10 Å². The molecule has 0 spiro atoms. The molecule has 1 fully saturated rings. The summed E-state index contributed by atoms with van der Waals surface area (Å²) in [6, 6.07) is 3.73. The number of pyridine rings is 1. The Bertz CT molecular complexity index is 579. The molecule has 0 unspecified atom stereocenters. The zero-order chi connectivity index (χ0) is 17.0. The minimum Gasteiger partial charge on any atom is -0.322 e. The fourth-order valence-electron chi connectivity index (χ4n) is 2.50. The fourth-order valence-corrected chi connectivity index (χ4v) is 2.61. The summed E-state index contributed by atoms with van der Waals surface area (Å²) in [5, 5.41) is 14.4. The summed E-state index contributed by atoms with van der Waals surface area (Å²) >= 11 is 5.80. The molecule has 1 aliphatic rings. The Morgan fingerprint density at radius 2 is 2.22 bits per heavy atom. The zero-order valence-corrected chi connectivity index (χ0v) is 14.3. The monoisotopic (exact) mass is 340 g/mol. The zero-order valence-electron chi connectivity index (χ0n) is 13.5. The van der Waals surface area contributed by atoms with Gasteiger partial charge < -0.3 is 9.80 Å². The standard InChI is InChI=1S/C14H21ClN6O2/c1-4-11(2)20-10-18(3)9-19(14(20)17-21(22)23)8-12-5-6-13(15)16-7-12/h5-7,11H,4,8-10H2,1-3H3/b17-14+/t11-/m1/s1. The lowest BCUT2D eigenvalue weighted by Gasteiger charge is -2.44. The molecule has 2 heterocycles. The van der Waals surface area contributed by atoms with E-state index >= 15 is 0 Å². The van der Waals surface area contributed by atoms with Gasteiger partial charge in [0.1, 0.15) is 10.3 Å². The minimum atomic E-state index is -0.636. The number of nitro groups is 1. The smallest absolute Gasteiger partial charge is 0.276 e. The Balaban J connectivity index is 2.29. The maximum atomic E-state index is 11.0. The molecule has 23 heavy (non-hydrogen) atoms. The summed E-state index contributed by atoms with van der Waals surface area (Å²) in [5.74, 6) is 0.386. The highest BCUT2D eigenvalue weighted by Crippen LogP contribution is 2.18. The summed E-state index contributed by atoms with van der Waals surface area (Å²) in [6.07, 6.45) is 2.55. The highest BCUT2D eigenvalue weighted by Gasteiger charge is 2.32. The van der Waals surface area contributed by atoms with Crippen LogP contribution in [0.5, 0.6) is 0 Å². The van der Waals surface area contributed by atoms with E-state index in [0.29, 0.717) is 31.0 Å². The van der Waals surface area contributed by atoms with Crippen molar-refractivity contribution >= 4 is 17.6 Å². The molecule has 0 radical (unpaired) electrons. The van der Waals surface area contributed by atoms with Gasteiger partial charge >= 0.3 is 0 Å². The van der Waals surface area contributed by atoms with E-state index in [1.54, 1.807) is 12.3 Å². The van der Waals surface area contributed by atoms with Gasteiger partial charge in [0, 0.05) is 18.8 Å². The van der Waals surface area contributed by atoms with E-state index in [2.05, 4.69) is 21.9 Å². The molecule has 1 aliphatic heterocycles. The molecule has 1 aromatic heterocycles. The van der Waals surface area contributed by atoms with Crippen LogP contribution in [-0.4, -0.2) is 57.1 Å². The lowest BCUT2D eigenvalue weighted by Crippen LogP contribution is -2.59. The Morgan fingerprint density at radius 3 is 2.78 bits per heavy atom. The van der Waals surface area contributed by atoms with Gasteiger partial charge in [0.15, 0.2) is 5.03 Å². The van der Waals surface area contributed by atoms with Crippen LogP contribution in [0.15, 0.2) is 23.4 Å². The number of hydrogen-bond acceptors (Lipinski definition) is 4. The van der Waals surface area contributed by atoms with Crippen LogP contribution in [0.1, 0.15) is 25.8 Å². The number of nitrogens with zero attached hydrogens (tertiary/aromatic N) is 6. The molecular formula is C14H21ClN6O2. The van der Waals surface area contributed by atoms with Gasteiger partial charge in [-0.3, -0.25) is 4.90 Å². The lowest BCUT2D eigenvalue weighted by molar-refractivity contribution is -0.486. The third-order valence-corrected chi connectivity index (χ3v) is 4.03. The molecular weight excluding hydrogens is 320 g/mol. The third kappa shape index (κ3) is 4.52. The molecule has 9 heteroatoms. The van der Waals surface area contributed by atoms with E-state index in [4.69, 9.17) is 11.6 Å². The SMILES string of the molecule is CC[C@@H](C)N1CN(C)CN(Cc2ccc(Cl)nc2)/C1=N\[N+](=O)[O-]. The third-order valence-electron chi connectivity index (χ3n) is 3.80. The van der Waals surface area contributed by atoms with Gasteiger partial charge in [-0.25, -0.2) is 15.1 Å². The molecule has 0 N–H and O–H groups in total. The van der Waals surface area contributed by atoms with E-state index in [1.165, 1.54) is 0 Å². The van der Waals surface area contributed by atoms with Gasteiger partial charge in [-0.05, 0) is 32.0 Å². The summed E-state index contributed by atoms with van der Waals surface area (Å²) in [7, 11) is 1.98. The summed E-state index contributed by atoms with van der Waals surface area (Å²) in [5.41, 5.74) is 0.921. The van der Waals surface area contributed by atoms with Crippen LogP contribution in [0.2, 0.25) is 5.15 Å². The van der Waals surface area contributed by atoms with Crippen molar-refractivity contribution in [3.63, 3.8) is 0 Å². The van der Waals surface area contributed by atoms with Crippen LogP contribution in [-0.2, 0) is 6.54 Å². The molecule has 0 aromatic carbocycles. The fraction of sp³-hybridized carbons (Fsp3) is 0.571. The molecule has 1 atom stereocenters. The van der Waals surface area contributed by atoms with E-state index in [9.17, 15) is 10.1 Å². The first-order valence-electron chi connectivity index (χ1n) is 7.44. The van der Waals surface area contributed by atoms with Crippen molar-refractivity contribution in [1.29, 1.82) is 0 Å². The molecule has 0 aliphatic carbocycles. The van der Waals surface area contributed by atoms with Crippen LogP contribution in [0, 0.1) is 10.1 Å². The molecule has 1 saturated heterocycles. The number of hydrazone groups is 1. The Morgan fingerprint density at radius 1 is 1.48 bits per heavy atom. The average Bonchev–Trinajstić information content (AvgIpc) is 2.50. The van der Waals surface area contributed by atoms with Crippen LogP contribution >= 0.6 is 11.6 Å². The molecule has 0 bridgehead atoms. The Kier molecular flexibility index (Phi) is 5.73. The highest BCUT2D eigenvalue weighted by atomic mass is 35.5. The first-order chi connectivity index (χ1) is 10.9. The summed E-state index contributed by atoms with van der Waals surface area (Å²) < 4.78 is 0. The van der Waals surface area contributed by atoms with Gasteiger partial charge in [0.05, 0.1) is 13.3 Å². The van der Waals surface area contributed by atoms with E-state index in [0.717, 1.165) is 12.0 Å². The second-order valence-electron chi connectivity index (χ2n) is 5.69. The van der Waals surface area contributed by atoms with E-state index in [1.807, 2.05) is 29.8 Å². The highest BCUT2D eigenvalue weighted by molar-refractivity contribution is 6.29. The molecule has 8 nitrogen and oxygen atoms in total.